The van der Waals surface area contributed by atoms with Crippen LogP contribution in [-0.2, 0) is 4.74 Å². The van der Waals surface area contributed by atoms with Gasteiger partial charge < -0.3 is 20.1 Å². The van der Waals surface area contributed by atoms with Crippen molar-refractivity contribution in [1.82, 2.24) is 15.2 Å². The molecule has 1 unspecified atom stereocenters. The standard InChI is InChI=1S/C24H25N3O4S/c28-20-10-17(11-21-19(20)3-9-32-21)23(30)27-15-24(4-7-31-8-5-24)12-18(27)14-26-22(29)16-2-1-6-25-13-16/h1-3,6,9-11,13,18,28H,4-5,7-8,12,14-15H2,(H,26,29). The summed E-state index contributed by atoms with van der Waals surface area (Å²) in [7, 11) is 0. The average molecular weight is 452 g/mol. The number of ether oxygens (including phenoxy) is 1. The number of carbonyl (C=O) groups is 2. The van der Waals surface area contributed by atoms with E-state index in [1.165, 1.54) is 17.5 Å². The van der Waals surface area contributed by atoms with Crippen LogP contribution in [0.15, 0.2) is 48.1 Å². The van der Waals surface area contributed by atoms with Crippen molar-refractivity contribution in [3.05, 3.63) is 59.2 Å². The molecule has 1 atom stereocenters. The van der Waals surface area contributed by atoms with Gasteiger partial charge in [-0.15, -0.1) is 11.3 Å². The SMILES string of the molecule is O=C(NCC1CC2(CCOCC2)CN1C(=O)c1cc(O)c2ccsc2c1)c1cccnc1. The number of nitrogens with one attached hydrogen (secondary N) is 1. The van der Waals surface area contributed by atoms with Crippen molar-refractivity contribution >= 4 is 33.2 Å². The lowest BCUT2D eigenvalue weighted by atomic mass is 9.78. The minimum absolute atomic E-state index is 0.00663. The van der Waals surface area contributed by atoms with Crippen molar-refractivity contribution in [3.8, 4) is 5.75 Å². The number of phenolic OH excluding ortho intramolecular Hbond substituents is 1. The molecule has 2 aliphatic heterocycles. The lowest BCUT2D eigenvalue weighted by molar-refractivity contribution is 0.0190. The first-order valence-corrected chi connectivity index (χ1v) is 11.7. The number of amides is 2. The van der Waals surface area contributed by atoms with E-state index in [0.29, 0.717) is 37.4 Å². The number of fused-ring (bicyclic) bond motifs is 1. The summed E-state index contributed by atoms with van der Waals surface area (Å²) in [5.41, 5.74) is 0.981. The highest BCUT2D eigenvalue weighted by molar-refractivity contribution is 7.17. The second-order valence-electron chi connectivity index (χ2n) is 8.68. The Bertz CT molecular complexity index is 1140. The number of pyridine rings is 1. The van der Waals surface area contributed by atoms with Crippen LogP contribution < -0.4 is 5.32 Å². The fourth-order valence-corrected chi connectivity index (χ4v) is 5.75. The maximum atomic E-state index is 13.6. The van der Waals surface area contributed by atoms with Gasteiger partial charge in [-0.25, -0.2) is 0 Å². The lowest BCUT2D eigenvalue weighted by Gasteiger charge is -2.33. The van der Waals surface area contributed by atoms with Crippen molar-refractivity contribution in [2.24, 2.45) is 5.41 Å². The Balaban J connectivity index is 1.39. The van der Waals surface area contributed by atoms with Gasteiger partial charge in [-0.05, 0) is 60.4 Å². The van der Waals surface area contributed by atoms with Crippen LogP contribution in [0.2, 0.25) is 0 Å². The quantitative estimate of drug-likeness (QED) is 0.634. The number of likely N-dealkylation sites (tertiary alicyclic amines) is 1. The van der Waals surface area contributed by atoms with Crippen molar-refractivity contribution in [2.45, 2.75) is 25.3 Å². The summed E-state index contributed by atoms with van der Waals surface area (Å²) in [6.07, 6.45) is 5.79. The van der Waals surface area contributed by atoms with Crippen molar-refractivity contribution in [2.75, 3.05) is 26.3 Å². The van der Waals surface area contributed by atoms with E-state index in [9.17, 15) is 14.7 Å². The highest BCUT2D eigenvalue weighted by atomic mass is 32.1. The van der Waals surface area contributed by atoms with Crippen LogP contribution in [0.1, 0.15) is 40.0 Å². The molecule has 0 radical (unpaired) electrons. The summed E-state index contributed by atoms with van der Waals surface area (Å²) in [5, 5.41) is 16.0. The van der Waals surface area contributed by atoms with Gasteiger partial charge in [0.25, 0.3) is 11.8 Å². The first-order chi connectivity index (χ1) is 15.5. The van der Waals surface area contributed by atoms with Crippen LogP contribution in [0.25, 0.3) is 10.1 Å². The second kappa shape index (κ2) is 8.52. The molecule has 2 N–H and O–H groups in total. The lowest BCUT2D eigenvalue weighted by Crippen LogP contribution is -2.43. The zero-order valence-electron chi connectivity index (χ0n) is 17.6. The third kappa shape index (κ3) is 3.96. The van der Waals surface area contributed by atoms with Crippen molar-refractivity contribution < 1.29 is 19.4 Å². The molecule has 4 heterocycles. The highest BCUT2D eigenvalue weighted by Crippen LogP contribution is 2.43. The van der Waals surface area contributed by atoms with Crippen molar-refractivity contribution in [3.63, 3.8) is 0 Å². The van der Waals surface area contributed by atoms with Crippen molar-refractivity contribution in [1.29, 1.82) is 0 Å². The van der Waals surface area contributed by atoms with Gasteiger partial charge in [0.2, 0.25) is 0 Å². The summed E-state index contributed by atoms with van der Waals surface area (Å²) < 4.78 is 6.46. The zero-order valence-corrected chi connectivity index (χ0v) is 18.4. The van der Waals surface area contributed by atoms with E-state index in [1.54, 1.807) is 24.4 Å². The van der Waals surface area contributed by atoms with E-state index in [1.807, 2.05) is 22.4 Å². The fourth-order valence-electron chi connectivity index (χ4n) is 4.90. The van der Waals surface area contributed by atoms with E-state index >= 15 is 0 Å². The number of benzene rings is 1. The van der Waals surface area contributed by atoms with Gasteiger partial charge in [0.05, 0.1) is 5.56 Å². The summed E-state index contributed by atoms with van der Waals surface area (Å²) >= 11 is 1.50. The van der Waals surface area contributed by atoms with Gasteiger partial charge in [0.15, 0.2) is 0 Å². The Morgan fingerprint density at radius 1 is 1.25 bits per heavy atom. The molecule has 0 bridgehead atoms. The van der Waals surface area contributed by atoms with E-state index in [-0.39, 0.29) is 29.0 Å². The largest absolute Gasteiger partial charge is 0.507 e. The molecule has 2 aromatic heterocycles. The molecule has 1 aromatic carbocycles. The Kier molecular flexibility index (Phi) is 5.57. The monoisotopic (exact) mass is 451 g/mol. The smallest absolute Gasteiger partial charge is 0.254 e. The predicted molar refractivity (Wildman–Crippen MR) is 122 cm³/mol. The number of rotatable bonds is 4. The number of phenols is 1. The molecule has 2 fully saturated rings. The van der Waals surface area contributed by atoms with Gasteiger partial charge >= 0.3 is 0 Å². The molecule has 2 aliphatic rings. The van der Waals surface area contributed by atoms with Crippen LogP contribution in [0.4, 0.5) is 0 Å². The molecule has 0 aliphatic carbocycles. The summed E-state index contributed by atoms with van der Waals surface area (Å²) in [6, 6.07) is 8.58. The first-order valence-electron chi connectivity index (χ1n) is 10.8. The molecule has 166 valence electrons. The van der Waals surface area contributed by atoms with Crippen LogP contribution in [-0.4, -0.2) is 59.1 Å². The molecule has 32 heavy (non-hydrogen) atoms. The van der Waals surface area contributed by atoms with Crippen LogP contribution in [0.3, 0.4) is 0 Å². The number of hydrogen-bond donors (Lipinski definition) is 2. The molecule has 8 heteroatoms. The Hall–Kier alpha value is -2.97. The summed E-state index contributed by atoms with van der Waals surface area (Å²) in [4.78, 5) is 32.0. The van der Waals surface area contributed by atoms with Gasteiger partial charge in [0.1, 0.15) is 5.75 Å². The average Bonchev–Trinajstić information content (AvgIpc) is 3.43. The normalized spacial score (nSPS) is 20.0. The minimum Gasteiger partial charge on any atom is -0.507 e. The Morgan fingerprint density at radius 3 is 2.88 bits per heavy atom. The van der Waals surface area contributed by atoms with E-state index in [4.69, 9.17) is 4.74 Å². The zero-order chi connectivity index (χ0) is 22.1. The number of aromatic hydroxyl groups is 1. The first kappa shape index (κ1) is 20.9. The van der Waals surface area contributed by atoms with Crippen LogP contribution in [0.5, 0.6) is 5.75 Å². The molecule has 0 saturated carbocycles. The molecule has 7 nitrogen and oxygen atoms in total. The fraction of sp³-hybridized carbons (Fsp3) is 0.375. The van der Waals surface area contributed by atoms with E-state index in [0.717, 1.165) is 29.3 Å². The van der Waals surface area contributed by atoms with Gasteiger partial charge in [-0.2, -0.15) is 0 Å². The second-order valence-corrected chi connectivity index (χ2v) is 9.63. The van der Waals surface area contributed by atoms with Gasteiger partial charge in [-0.1, -0.05) is 0 Å². The van der Waals surface area contributed by atoms with Gasteiger partial charge in [0, 0.05) is 60.4 Å². The van der Waals surface area contributed by atoms with E-state index in [2.05, 4.69) is 10.3 Å². The molecular formula is C24H25N3O4S. The third-order valence-electron chi connectivity index (χ3n) is 6.65. The molecule has 2 amide bonds. The topological polar surface area (TPSA) is 91.8 Å². The highest BCUT2D eigenvalue weighted by Gasteiger charge is 2.46. The number of thiophene rings is 1. The number of hydrogen-bond acceptors (Lipinski definition) is 6. The summed E-state index contributed by atoms with van der Waals surface area (Å²) in [6.45, 7) is 2.39. The number of aromatic nitrogens is 1. The Morgan fingerprint density at radius 2 is 2.09 bits per heavy atom. The molecule has 5 rings (SSSR count). The maximum Gasteiger partial charge on any atom is 0.254 e. The predicted octanol–water partition coefficient (Wildman–Crippen LogP) is 3.44. The number of carbonyl (C=O) groups excluding carboxylic acids is 2. The third-order valence-corrected chi connectivity index (χ3v) is 7.51. The molecule has 1 spiro atoms. The number of nitrogens with zero attached hydrogens (tertiary/aromatic N) is 2. The molecular weight excluding hydrogens is 426 g/mol. The molecule has 3 aromatic rings. The summed E-state index contributed by atoms with van der Waals surface area (Å²) in [5.74, 6) is -0.191. The van der Waals surface area contributed by atoms with E-state index < -0.39 is 0 Å². The Labute approximate surface area is 190 Å². The minimum atomic E-state index is -0.198. The molecule has 2 saturated heterocycles. The van der Waals surface area contributed by atoms with Gasteiger partial charge in [-0.3, -0.25) is 14.6 Å². The maximum absolute atomic E-state index is 13.6. The van der Waals surface area contributed by atoms with Crippen LogP contribution in [0, 0.1) is 5.41 Å². The van der Waals surface area contributed by atoms with Crippen LogP contribution >= 0.6 is 11.3 Å².